The third-order valence-electron chi connectivity index (χ3n) is 5.57. The van der Waals surface area contributed by atoms with Crippen molar-refractivity contribution in [3.05, 3.63) is 96.3 Å². The van der Waals surface area contributed by atoms with E-state index in [1.54, 1.807) is 24.4 Å². The number of furan rings is 1. The Morgan fingerprint density at radius 1 is 0.774 bits per heavy atom. The summed E-state index contributed by atoms with van der Waals surface area (Å²) in [5.41, 5.74) is 4.44. The summed E-state index contributed by atoms with van der Waals surface area (Å²) in [5.74, 6) is 0. The van der Waals surface area contributed by atoms with Crippen LogP contribution >= 0.6 is 0 Å². The Morgan fingerprint density at radius 2 is 1.71 bits per heavy atom. The van der Waals surface area contributed by atoms with Crippen molar-refractivity contribution in [3.63, 3.8) is 0 Å². The van der Waals surface area contributed by atoms with Crippen molar-refractivity contribution in [2.45, 2.75) is 13.7 Å². The van der Waals surface area contributed by atoms with E-state index in [-0.39, 0.29) is 11.4 Å². The molecule has 0 aliphatic heterocycles. The third kappa shape index (κ3) is 2.98. The van der Waals surface area contributed by atoms with Crippen LogP contribution in [-0.4, -0.2) is 9.97 Å². The lowest BCUT2D eigenvalue weighted by atomic mass is 9.99. The molecule has 0 aliphatic rings. The highest BCUT2D eigenvalue weighted by Crippen LogP contribution is 2.35. The molecule has 0 atom stereocenters. The number of hydrogen-bond acceptors (Lipinski definition) is 3. The molecule has 0 unspecified atom stereocenters. The summed E-state index contributed by atoms with van der Waals surface area (Å²) < 4.78 is 52.2. The smallest absolute Gasteiger partial charge is 0.227 e. The van der Waals surface area contributed by atoms with Gasteiger partial charge in [0.15, 0.2) is 0 Å². The number of nitrogens with zero attached hydrogens (tertiary/aromatic N) is 2. The van der Waals surface area contributed by atoms with Gasteiger partial charge in [-0.15, -0.1) is 0 Å². The minimum atomic E-state index is -2.32. The number of aromatic nitrogens is 2. The average Bonchev–Trinajstić information content (AvgIpc) is 3.25. The Balaban J connectivity index is 1.46. The summed E-state index contributed by atoms with van der Waals surface area (Å²) in [4.78, 5) is 8.82. The van der Waals surface area contributed by atoms with E-state index in [0.29, 0.717) is 16.8 Å². The molecule has 6 aromatic rings. The molecule has 0 fully saturated rings. The fourth-order valence-corrected chi connectivity index (χ4v) is 4.06. The number of para-hydroxylation sites is 1. The Morgan fingerprint density at radius 3 is 2.65 bits per heavy atom. The van der Waals surface area contributed by atoms with E-state index in [4.69, 9.17) is 12.6 Å². The van der Waals surface area contributed by atoms with E-state index in [2.05, 4.69) is 9.97 Å². The Hall–Kier alpha value is -3.98. The van der Waals surface area contributed by atoms with Gasteiger partial charge in [-0.3, -0.25) is 4.98 Å². The predicted octanol–water partition coefficient (Wildman–Crippen LogP) is 7.48. The average molecular weight is 407 g/mol. The molecule has 31 heavy (non-hydrogen) atoms. The summed E-state index contributed by atoms with van der Waals surface area (Å²) in [6, 6.07) is 24.0. The number of aryl methyl sites for hydroxylation is 2. The van der Waals surface area contributed by atoms with Crippen molar-refractivity contribution in [2.75, 3.05) is 0 Å². The Labute approximate surface area is 188 Å². The maximum Gasteiger partial charge on any atom is 0.227 e. The van der Waals surface area contributed by atoms with Crippen LogP contribution in [0.3, 0.4) is 0 Å². The summed E-state index contributed by atoms with van der Waals surface area (Å²) in [6.45, 7) is -4.49. The van der Waals surface area contributed by atoms with Gasteiger partial charge in [0.2, 0.25) is 5.71 Å². The summed E-state index contributed by atoms with van der Waals surface area (Å²) >= 11 is 0. The van der Waals surface area contributed by atoms with Crippen molar-refractivity contribution >= 4 is 32.8 Å². The summed E-state index contributed by atoms with van der Waals surface area (Å²) in [6.07, 6.45) is 1.72. The molecule has 0 radical (unpaired) electrons. The van der Waals surface area contributed by atoms with Crippen molar-refractivity contribution in [3.8, 4) is 22.4 Å². The van der Waals surface area contributed by atoms with E-state index in [0.717, 1.165) is 38.2 Å². The molecular weight excluding hydrogens is 380 g/mol. The molecule has 0 N–H and O–H groups in total. The third-order valence-corrected chi connectivity index (χ3v) is 5.57. The predicted molar refractivity (Wildman–Crippen MR) is 127 cm³/mol. The molecule has 0 spiro atoms. The second-order valence-electron chi connectivity index (χ2n) is 7.54. The highest BCUT2D eigenvalue weighted by atomic mass is 16.3. The molecule has 148 valence electrons. The van der Waals surface area contributed by atoms with Gasteiger partial charge in [-0.1, -0.05) is 48.0 Å². The zero-order valence-electron chi connectivity index (χ0n) is 22.4. The van der Waals surface area contributed by atoms with Gasteiger partial charge < -0.3 is 4.42 Å². The summed E-state index contributed by atoms with van der Waals surface area (Å²) in [7, 11) is 0. The SMILES string of the molecule is [2H]C([2H])([2H])c1ccc2ccc(-c3ccnc(-c4cccc5c4oc4nc(C([2H])([2H])[2H])ccc45)c3)cc2c1. The van der Waals surface area contributed by atoms with E-state index < -0.39 is 13.7 Å². The number of hydrogen-bond donors (Lipinski definition) is 0. The number of benzene rings is 3. The molecule has 3 aromatic carbocycles. The molecule has 0 aliphatic carbocycles. The van der Waals surface area contributed by atoms with Crippen LogP contribution in [0.25, 0.3) is 55.2 Å². The van der Waals surface area contributed by atoms with Crippen LogP contribution in [0.1, 0.15) is 19.5 Å². The van der Waals surface area contributed by atoms with Crippen LogP contribution in [0.5, 0.6) is 0 Å². The van der Waals surface area contributed by atoms with Gasteiger partial charge in [-0.25, -0.2) is 4.98 Å². The van der Waals surface area contributed by atoms with Crippen LogP contribution in [0, 0.1) is 13.7 Å². The zero-order valence-corrected chi connectivity index (χ0v) is 16.4. The van der Waals surface area contributed by atoms with Gasteiger partial charge in [0.1, 0.15) is 5.58 Å². The summed E-state index contributed by atoms with van der Waals surface area (Å²) in [5, 5.41) is 3.37. The minimum Gasteiger partial charge on any atom is -0.437 e. The molecule has 6 rings (SSSR count). The lowest BCUT2D eigenvalue weighted by Crippen LogP contribution is -1.86. The fourth-order valence-electron chi connectivity index (χ4n) is 4.06. The fraction of sp³-hybridized carbons (Fsp3) is 0.0714. The largest absolute Gasteiger partial charge is 0.437 e. The second-order valence-corrected chi connectivity index (χ2v) is 7.54. The first-order chi connectivity index (χ1) is 17.6. The van der Waals surface area contributed by atoms with E-state index in [9.17, 15) is 0 Å². The standard InChI is InChI=1S/C28H20N2O/c1-17-6-8-19-9-10-20(15-22(19)14-17)21-12-13-29-26(16-21)25-5-3-4-23-24-11-7-18(2)30-28(24)31-27(23)25/h3-16H,1-2H3/i1D3,2D3. The van der Waals surface area contributed by atoms with Gasteiger partial charge in [0.05, 0.1) is 5.69 Å². The first-order valence-electron chi connectivity index (χ1n) is 12.9. The Bertz CT molecular complexity index is 1820. The van der Waals surface area contributed by atoms with Crippen molar-refractivity contribution in [1.29, 1.82) is 0 Å². The number of fused-ring (bicyclic) bond motifs is 4. The van der Waals surface area contributed by atoms with Crippen LogP contribution < -0.4 is 0 Å². The quantitative estimate of drug-likeness (QED) is 0.299. The van der Waals surface area contributed by atoms with E-state index >= 15 is 0 Å². The van der Waals surface area contributed by atoms with Crippen LogP contribution in [-0.2, 0) is 0 Å². The lowest BCUT2D eigenvalue weighted by molar-refractivity contribution is 0.653. The molecule has 0 saturated heterocycles. The van der Waals surface area contributed by atoms with Crippen molar-refractivity contribution in [2.24, 2.45) is 0 Å². The maximum absolute atomic E-state index is 7.72. The number of rotatable bonds is 2. The van der Waals surface area contributed by atoms with Gasteiger partial charge >= 0.3 is 0 Å². The second kappa shape index (κ2) is 6.78. The van der Waals surface area contributed by atoms with Gasteiger partial charge in [-0.2, -0.15) is 0 Å². The van der Waals surface area contributed by atoms with Gasteiger partial charge in [0.25, 0.3) is 0 Å². The first kappa shape index (κ1) is 12.7. The molecule has 3 aromatic heterocycles. The molecular formula is C28H20N2O. The highest BCUT2D eigenvalue weighted by molar-refractivity contribution is 6.08. The maximum atomic E-state index is 7.72. The van der Waals surface area contributed by atoms with E-state index in [1.807, 2.05) is 54.6 Å². The van der Waals surface area contributed by atoms with Gasteiger partial charge in [0, 0.05) is 36.5 Å². The molecule has 0 amide bonds. The normalized spacial score (nSPS) is 15.2. The van der Waals surface area contributed by atoms with Crippen molar-refractivity contribution < 1.29 is 12.6 Å². The van der Waals surface area contributed by atoms with Gasteiger partial charge in [-0.05, 0) is 72.0 Å². The lowest BCUT2D eigenvalue weighted by Gasteiger charge is -2.08. The molecule has 3 heteroatoms. The monoisotopic (exact) mass is 406 g/mol. The molecule has 0 saturated carbocycles. The molecule has 3 nitrogen and oxygen atoms in total. The first-order valence-corrected chi connectivity index (χ1v) is 9.92. The van der Waals surface area contributed by atoms with Crippen LogP contribution in [0.15, 0.2) is 89.5 Å². The van der Waals surface area contributed by atoms with Crippen LogP contribution in [0.2, 0.25) is 0 Å². The Kier molecular flexibility index (Phi) is 2.77. The van der Waals surface area contributed by atoms with Crippen molar-refractivity contribution in [1.82, 2.24) is 9.97 Å². The topological polar surface area (TPSA) is 38.9 Å². The van der Waals surface area contributed by atoms with Crippen LogP contribution in [0.4, 0.5) is 0 Å². The number of pyridine rings is 2. The minimum absolute atomic E-state index is 0.0151. The molecule has 0 bridgehead atoms. The van der Waals surface area contributed by atoms with E-state index in [1.165, 1.54) is 6.07 Å². The highest BCUT2D eigenvalue weighted by Gasteiger charge is 2.14. The zero-order chi connectivity index (χ0) is 25.9. The molecule has 3 heterocycles.